The van der Waals surface area contributed by atoms with Crippen LogP contribution in [0, 0.1) is 11.3 Å². The van der Waals surface area contributed by atoms with E-state index in [1.165, 1.54) is 4.90 Å². The minimum Gasteiger partial charge on any atom is -0.489 e. The Balaban J connectivity index is 1.24. The first-order valence-corrected chi connectivity index (χ1v) is 12.5. The Labute approximate surface area is 215 Å². The summed E-state index contributed by atoms with van der Waals surface area (Å²) >= 11 is 0. The van der Waals surface area contributed by atoms with Crippen molar-refractivity contribution in [3.63, 3.8) is 0 Å². The average Bonchev–Trinajstić information content (AvgIpc) is 3.68. The van der Waals surface area contributed by atoms with E-state index < -0.39 is 5.60 Å². The van der Waals surface area contributed by atoms with Crippen molar-refractivity contribution < 1.29 is 19.4 Å². The lowest BCUT2D eigenvalue weighted by Gasteiger charge is -2.23. The summed E-state index contributed by atoms with van der Waals surface area (Å²) in [6.07, 6.45) is 6.69. The molecule has 3 heterocycles. The summed E-state index contributed by atoms with van der Waals surface area (Å²) in [6.45, 7) is 1.68. The van der Waals surface area contributed by atoms with Gasteiger partial charge in [-0.05, 0) is 48.7 Å². The second-order valence-electron chi connectivity index (χ2n) is 9.64. The number of aliphatic hydroxyl groups is 1. The number of hydrogen-bond acceptors (Lipinski definition) is 8. The van der Waals surface area contributed by atoms with Gasteiger partial charge in [0, 0.05) is 44.3 Å². The van der Waals surface area contributed by atoms with Crippen LogP contribution < -0.4 is 4.74 Å². The SMILES string of the molecule is CN(Cc1ccc(Cc2nccc(-c3ccc(OC4CCOCC4)c(C#N)c3)n2)cn1)C(=O)C1(O)CC1. The molecule has 1 aromatic carbocycles. The maximum atomic E-state index is 12.2. The predicted octanol–water partition coefficient (Wildman–Crippen LogP) is 3.04. The van der Waals surface area contributed by atoms with Crippen LogP contribution in [0.25, 0.3) is 11.3 Å². The van der Waals surface area contributed by atoms with Gasteiger partial charge < -0.3 is 19.5 Å². The summed E-state index contributed by atoms with van der Waals surface area (Å²) in [7, 11) is 1.68. The molecule has 0 radical (unpaired) electrons. The van der Waals surface area contributed by atoms with Crippen molar-refractivity contribution in [1.29, 1.82) is 5.26 Å². The fourth-order valence-corrected chi connectivity index (χ4v) is 4.34. The third-order valence-electron chi connectivity index (χ3n) is 6.68. The minimum absolute atomic E-state index is 0.0581. The molecule has 0 spiro atoms. The Morgan fingerprint density at radius 1 is 1.22 bits per heavy atom. The molecule has 9 heteroatoms. The summed E-state index contributed by atoms with van der Waals surface area (Å²) in [4.78, 5) is 27.3. The molecule has 1 N–H and O–H groups in total. The highest BCUT2D eigenvalue weighted by atomic mass is 16.5. The molecule has 2 fully saturated rings. The van der Waals surface area contributed by atoms with Gasteiger partial charge in [-0.25, -0.2) is 9.97 Å². The van der Waals surface area contributed by atoms with Crippen LogP contribution in [0.15, 0.2) is 48.8 Å². The van der Waals surface area contributed by atoms with Crippen molar-refractivity contribution in [3.05, 3.63) is 71.4 Å². The molecular formula is C28H29N5O4. The molecule has 3 aromatic rings. The van der Waals surface area contributed by atoms with Gasteiger partial charge in [0.2, 0.25) is 0 Å². The first kappa shape index (κ1) is 24.8. The number of nitrogens with zero attached hydrogens (tertiary/aromatic N) is 5. The Morgan fingerprint density at radius 2 is 2.03 bits per heavy atom. The van der Waals surface area contributed by atoms with Gasteiger partial charge in [-0.3, -0.25) is 9.78 Å². The maximum absolute atomic E-state index is 12.2. The number of carbonyl (C=O) groups is 1. The topological polar surface area (TPSA) is 121 Å². The van der Waals surface area contributed by atoms with E-state index in [4.69, 9.17) is 14.5 Å². The lowest BCUT2D eigenvalue weighted by Crippen LogP contribution is -2.37. The standard InChI is InChI=1S/C28H29N5O4/c1-33(27(34)28(35)9-10-28)18-22-4-2-19(17-31-22)14-26-30-11-6-24(32-26)20-3-5-25(21(15-20)16-29)37-23-7-12-36-13-8-23/h2-6,11,15,17,23,35H,7-10,12-14,18H2,1H3. The van der Waals surface area contributed by atoms with Crippen molar-refractivity contribution >= 4 is 5.91 Å². The quantitative estimate of drug-likeness (QED) is 0.502. The fraction of sp³-hybridized carbons (Fsp3) is 0.393. The molecule has 1 amide bonds. The van der Waals surface area contributed by atoms with Crippen LogP contribution in [0.5, 0.6) is 5.75 Å². The van der Waals surface area contributed by atoms with Gasteiger partial charge in [0.15, 0.2) is 0 Å². The molecule has 0 bridgehead atoms. The van der Waals surface area contributed by atoms with E-state index >= 15 is 0 Å². The number of hydrogen-bond donors (Lipinski definition) is 1. The smallest absolute Gasteiger partial charge is 0.254 e. The van der Waals surface area contributed by atoms with E-state index in [1.54, 1.807) is 25.5 Å². The van der Waals surface area contributed by atoms with Crippen molar-refractivity contribution in [2.45, 2.75) is 50.4 Å². The van der Waals surface area contributed by atoms with Crippen LogP contribution in [0.2, 0.25) is 0 Å². The zero-order valence-electron chi connectivity index (χ0n) is 20.8. The maximum Gasteiger partial charge on any atom is 0.254 e. The van der Waals surface area contributed by atoms with E-state index in [-0.39, 0.29) is 12.0 Å². The highest BCUT2D eigenvalue weighted by molar-refractivity contribution is 5.87. The van der Waals surface area contributed by atoms with E-state index in [9.17, 15) is 15.2 Å². The van der Waals surface area contributed by atoms with E-state index in [0.29, 0.717) is 56.2 Å². The van der Waals surface area contributed by atoms with Gasteiger partial charge in [-0.15, -0.1) is 0 Å². The van der Waals surface area contributed by atoms with Gasteiger partial charge >= 0.3 is 0 Å². The van der Waals surface area contributed by atoms with Crippen LogP contribution in [0.1, 0.15) is 48.3 Å². The predicted molar refractivity (Wildman–Crippen MR) is 134 cm³/mol. The summed E-state index contributed by atoms with van der Waals surface area (Å²) in [6, 6.07) is 13.4. The zero-order valence-corrected chi connectivity index (χ0v) is 20.8. The Bertz CT molecular complexity index is 1310. The molecule has 9 nitrogen and oxygen atoms in total. The molecule has 0 unspecified atom stereocenters. The molecule has 2 aliphatic rings. The second-order valence-corrected chi connectivity index (χ2v) is 9.64. The lowest BCUT2D eigenvalue weighted by atomic mass is 10.1. The van der Waals surface area contributed by atoms with Crippen molar-refractivity contribution in [1.82, 2.24) is 19.9 Å². The van der Waals surface area contributed by atoms with Gasteiger partial charge in [-0.1, -0.05) is 6.07 Å². The third kappa shape index (κ3) is 5.93. The number of likely N-dealkylation sites (N-methyl/N-ethyl adjacent to an activating group) is 1. The zero-order chi connectivity index (χ0) is 25.8. The summed E-state index contributed by atoms with van der Waals surface area (Å²) in [5, 5.41) is 19.7. The highest BCUT2D eigenvalue weighted by Crippen LogP contribution is 2.36. The van der Waals surface area contributed by atoms with Crippen molar-refractivity contribution in [3.8, 4) is 23.1 Å². The Hall–Kier alpha value is -3.87. The second kappa shape index (κ2) is 10.6. The number of aromatic nitrogens is 3. The number of amides is 1. The number of rotatable bonds is 8. The van der Waals surface area contributed by atoms with Crippen LogP contribution >= 0.6 is 0 Å². The molecule has 2 aromatic heterocycles. The summed E-state index contributed by atoms with van der Waals surface area (Å²) in [5.74, 6) is 0.958. The largest absolute Gasteiger partial charge is 0.489 e. The highest BCUT2D eigenvalue weighted by Gasteiger charge is 2.49. The van der Waals surface area contributed by atoms with E-state index in [0.717, 1.165) is 35.4 Å². The third-order valence-corrected chi connectivity index (χ3v) is 6.68. The molecule has 5 rings (SSSR count). The van der Waals surface area contributed by atoms with Crippen LogP contribution in [0.3, 0.4) is 0 Å². The minimum atomic E-state index is -1.18. The molecule has 1 saturated carbocycles. The van der Waals surface area contributed by atoms with Crippen molar-refractivity contribution in [2.24, 2.45) is 0 Å². The summed E-state index contributed by atoms with van der Waals surface area (Å²) < 4.78 is 11.4. The van der Waals surface area contributed by atoms with Crippen LogP contribution in [0.4, 0.5) is 0 Å². The fourth-order valence-electron chi connectivity index (χ4n) is 4.34. The first-order valence-electron chi connectivity index (χ1n) is 12.5. The Kier molecular flexibility index (Phi) is 7.12. The number of carbonyl (C=O) groups excluding carboxylic acids is 1. The normalized spacial score (nSPS) is 16.6. The number of benzene rings is 1. The van der Waals surface area contributed by atoms with E-state index in [1.807, 2.05) is 30.3 Å². The number of ether oxygens (including phenoxy) is 2. The van der Waals surface area contributed by atoms with E-state index in [2.05, 4.69) is 16.0 Å². The first-order chi connectivity index (χ1) is 17.9. The molecule has 190 valence electrons. The molecule has 0 atom stereocenters. The molecule has 1 saturated heterocycles. The number of nitriles is 1. The van der Waals surface area contributed by atoms with Gasteiger partial charge in [0.1, 0.15) is 29.3 Å². The van der Waals surface area contributed by atoms with Gasteiger partial charge in [0.05, 0.1) is 36.7 Å². The van der Waals surface area contributed by atoms with Gasteiger partial charge in [0.25, 0.3) is 5.91 Å². The van der Waals surface area contributed by atoms with Gasteiger partial charge in [-0.2, -0.15) is 5.26 Å². The molecular weight excluding hydrogens is 470 g/mol. The summed E-state index contributed by atoms with van der Waals surface area (Å²) in [5.41, 5.74) is 2.52. The van der Waals surface area contributed by atoms with Crippen LogP contribution in [-0.4, -0.2) is 62.8 Å². The number of pyridine rings is 1. The monoisotopic (exact) mass is 499 g/mol. The lowest BCUT2D eigenvalue weighted by molar-refractivity contribution is -0.141. The van der Waals surface area contributed by atoms with Crippen LogP contribution in [-0.2, 0) is 22.5 Å². The average molecular weight is 500 g/mol. The molecule has 37 heavy (non-hydrogen) atoms. The Morgan fingerprint density at radius 3 is 2.73 bits per heavy atom. The molecule has 1 aliphatic heterocycles. The molecule has 1 aliphatic carbocycles. The van der Waals surface area contributed by atoms with Crippen molar-refractivity contribution in [2.75, 3.05) is 20.3 Å².